The summed E-state index contributed by atoms with van der Waals surface area (Å²) in [7, 11) is 0. The molecule has 0 aliphatic carbocycles. The number of hydrogen-bond donors (Lipinski definition) is 0. The van der Waals surface area contributed by atoms with E-state index in [2.05, 4.69) is 0 Å². The summed E-state index contributed by atoms with van der Waals surface area (Å²) in [6.07, 6.45) is 4.55. The lowest BCUT2D eigenvalue weighted by atomic mass is 10.0. The fourth-order valence-electron chi connectivity index (χ4n) is 2.20. The second-order valence-electron chi connectivity index (χ2n) is 5.29. The van der Waals surface area contributed by atoms with Crippen LogP contribution in [0.5, 0.6) is 0 Å². The molecule has 0 radical (unpaired) electrons. The first kappa shape index (κ1) is 16.3. The normalized spacial score (nSPS) is 11.7. The van der Waals surface area contributed by atoms with Crippen LogP contribution in [0.4, 0.5) is 13.2 Å². The molecule has 0 N–H and O–H groups in total. The van der Waals surface area contributed by atoms with Gasteiger partial charge in [-0.15, -0.1) is 0 Å². The molecule has 0 amide bonds. The maximum atomic E-state index is 13.8. The predicted molar refractivity (Wildman–Crippen MR) is 84.2 cm³/mol. The summed E-state index contributed by atoms with van der Waals surface area (Å²) in [6.45, 7) is 2.01. The lowest BCUT2D eigenvalue weighted by Crippen LogP contribution is -1.94. The van der Waals surface area contributed by atoms with Gasteiger partial charge in [-0.2, -0.15) is 0 Å². The number of hydrogen-bond acceptors (Lipinski definition) is 0. The summed E-state index contributed by atoms with van der Waals surface area (Å²) < 4.78 is 39.8. The summed E-state index contributed by atoms with van der Waals surface area (Å²) >= 11 is 0. The van der Waals surface area contributed by atoms with E-state index < -0.39 is 11.6 Å². The van der Waals surface area contributed by atoms with Crippen molar-refractivity contribution < 1.29 is 13.2 Å². The van der Waals surface area contributed by atoms with E-state index in [-0.39, 0.29) is 5.83 Å². The molecule has 0 saturated carbocycles. The molecule has 0 aliphatic heterocycles. The minimum Gasteiger partial charge on any atom is -0.207 e. The van der Waals surface area contributed by atoms with Crippen LogP contribution in [0, 0.1) is 11.6 Å². The maximum absolute atomic E-state index is 13.8. The predicted octanol–water partition coefficient (Wildman–Crippen LogP) is 5.86. The number of benzene rings is 2. The van der Waals surface area contributed by atoms with Gasteiger partial charge in [-0.25, -0.2) is 13.2 Å². The highest BCUT2D eigenvalue weighted by Gasteiger charge is 2.04. The van der Waals surface area contributed by atoms with Gasteiger partial charge in [0.25, 0.3) is 0 Å². The average molecular weight is 304 g/mol. The third-order valence-electron chi connectivity index (χ3n) is 3.53. The molecule has 0 atom stereocenters. The molecule has 0 unspecified atom stereocenters. The minimum absolute atomic E-state index is 0.200. The van der Waals surface area contributed by atoms with Gasteiger partial charge in [-0.1, -0.05) is 43.7 Å². The Bertz CT molecular complexity index is 642. The summed E-state index contributed by atoms with van der Waals surface area (Å²) in [5.41, 5.74) is 2.36. The van der Waals surface area contributed by atoms with Crippen molar-refractivity contribution in [2.24, 2.45) is 0 Å². The molecule has 2 aromatic rings. The molecule has 116 valence electrons. The molecule has 0 heterocycles. The van der Waals surface area contributed by atoms with Crippen LogP contribution in [-0.4, -0.2) is 0 Å². The van der Waals surface area contributed by atoms with Gasteiger partial charge >= 0.3 is 0 Å². The zero-order valence-electron chi connectivity index (χ0n) is 12.6. The molecule has 0 saturated heterocycles. The van der Waals surface area contributed by atoms with Gasteiger partial charge in [-0.3, -0.25) is 0 Å². The van der Waals surface area contributed by atoms with Crippen molar-refractivity contribution in [3.63, 3.8) is 0 Å². The van der Waals surface area contributed by atoms with E-state index >= 15 is 0 Å². The smallest absolute Gasteiger partial charge is 0.159 e. The highest BCUT2D eigenvalue weighted by atomic mass is 19.2. The molecule has 0 bridgehead atoms. The first-order chi connectivity index (χ1) is 10.6. The summed E-state index contributed by atoms with van der Waals surface area (Å²) in [4.78, 5) is 0. The van der Waals surface area contributed by atoms with Gasteiger partial charge in [0.1, 0.15) is 5.83 Å². The first-order valence-electron chi connectivity index (χ1n) is 7.49. The van der Waals surface area contributed by atoms with Crippen molar-refractivity contribution in [3.8, 4) is 0 Å². The van der Waals surface area contributed by atoms with Crippen LogP contribution in [0.2, 0.25) is 0 Å². The van der Waals surface area contributed by atoms with Gasteiger partial charge in [0, 0.05) is 5.56 Å². The number of allylic oxidation sites excluding steroid dienone is 1. The molecule has 0 fully saturated rings. The van der Waals surface area contributed by atoms with Crippen LogP contribution in [0.3, 0.4) is 0 Å². The van der Waals surface area contributed by atoms with Crippen LogP contribution >= 0.6 is 0 Å². The van der Waals surface area contributed by atoms with Gasteiger partial charge in [-0.05, 0) is 48.6 Å². The van der Waals surface area contributed by atoms with E-state index in [1.807, 2.05) is 19.1 Å². The minimum atomic E-state index is -0.831. The third-order valence-corrected chi connectivity index (χ3v) is 3.53. The SMILES string of the molecule is CCCC=C(F)c1ccc(CCc2ccc(F)c(F)c2)cc1. The number of halogens is 3. The van der Waals surface area contributed by atoms with E-state index in [0.29, 0.717) is 18.4 Å². The van der Waals surface area contributed by atoms with Crippen LogP contribution in [0.1, 0.15) is 36.5 Å². The van der Waals surface area contributed by atoms with Crippen molar-refractivity contribution in [1.82, 2.24) is 0 Å². The molecular formula is C19H19F3. The van der Waals surface area contributed by atoms with E-state index in [9.17, 15) is 13.2 Å². The van der Waals surface area contributed by atoms with E-state index in [0.717, 1.165) is 30.0 Å². The van der Waals surface area contributed by atoms with Gasteiger partial charge < -0.3 is 0 Å². The summed E-state index contributed by atoms with van der Waals surface area (Å²) in [6, 6.07) is 11.2. The van der Waals surface area contributed by atoms with E-state index in [1.165, 1.54) is 6.07 Å². The van der Waals surface area contributed by atoms with Crippen molar-refractivity contribution in [1.29, 1.82) is 0 Å². The van der Waals surface area contributed by atoms with Crippen molar-refractivity contribution in [3.05, 3.63) is 76.9 Å². The molecule has 22 heavy (non-hydrogen) atoms. The fourth-order valence-corrected chi connectivity index (χ4v) is 2.20. The largest absolute Gasteiger partial charge is 0.207 e. The van der Waals surface area contributed by atoms with E-state index in [4.69, 9.17) is 0 Å². The molecule has 0 spiro atoms. The summed E-state index contributed by atoms with van der Waals surface area (Å²) in [5, 5.41) is 0. The Morgan fingerprint density at radius 2 is 1.55 bits per heavy atom. The van der Waals surface area contributed by atoms with Crippen LogP contribution in [0.25, 0.3) is 5.83 Å². The third kappa shape index (κ3) is 4.48. The zero-order valence-corrected chi connectivity index (χ0v) is 12.6. The standard InChI is InChI=1S/C19H19F3/c1-2-3-4-17(20)16-10-7-14(8-11-16)5-6-15-9-12-18(21)19(22)13-15/h4,7-13H,2-3,5-6H2,1H3. The van der Waals surface area contributed by atoms with Crippen molar-refractivity contribution >= 4 is 5.83 Å². The lowest BCUT2D eigenvalue weighted by Gasteiger charge is -2.04. The average Bonchev–Trinajstić information content (AvgIpc) is 2.54. The number of rotatable bonds is 6. The van der Waals surface area contributed by atoms with Crippen molar-refractivity contribution in [2.45, 2.75) is 32.6 Å². The zero-order chi connectivity index (χ0) is 15.9. The van der Waals surface area contributed by atoms with Crippen LogP contribution in [0.15, 0.2) is 48.5 Å². The molecule has 3 heteroatoms. The van der Waals surface area contributed by atoms with Crippen molar-refractivity contribution in [2.75, 3.05) is 0 Å². The quantitative estimate of drug-likeness (QED) is 0.627. The highest BCUT2D eigenvalue weighted by molar-refractivity contribution is 5.59. The highest BCUT2D eigenvalue weighted by Crippen LogP contribution is 2.19. The van der Waals surface area contributed by atoms with Gasteiger partial charge in [0.15, 0.2) is 11.6 Å². The number of aryl methyl sites for hydroxylation is 2. The Morgan fingerprint density at radius 3 is 2.18 bits per heavy atom. The molecule has 2 aromatic carbocycles. The Hall–Kier alpha value is -2.03. The Kier molecular flexibility index (Phi) is 5.82. The Morgan fingerprint density at radius 1 is 0.909 bits per heavy atom. The monoisotopic (exact) mass is 304 g/mol. The number of unbranched alkanes of at least 4 members (excludes halogenated alkanes) is 1. The fraction of sp³-hybridized carbons (Fsp3) is 0.263. The van der Waals surface area contributed by atoms with E-state index in [1.54, 1.807) is 24.3 Å². The topological polar surface area (TPSA) is 0 Å². The Labute approximate surface area is 129 Å². The molecular weight excluding hydrogens is 285 g/mol. The summed E-state index contributed by atoms with van der Waals surface area (Å²) in [5.74, 6) is -1.85. The molecule has 0 aromatic heterocycles. The van der Waals surface area contributed by atoms with Gasteiger partial charge in [0.05, 0.1) is 0 Å². The molecule has 2 rings (SSSR count). The Balaban J connectivity index is 1.97. The second kappa shape index (κ2) is 7.83. The van der Waals surface area contributed by atoms with Crippen LogP contribution < -0.4 is 0 Å². The molecule has 0 aliphatic rings. The van der Waals surface area contributed by atoms with Crippen LogP contribution in [-0.2, 0) is 12.8 Å². The second-order valence-corrected chi connectivity index (χ2v) is 5.29. The first-order valence-corrected chi connectivity index (χ1v) is 7.49. The van der Waals surface area contributed by atoms with Gasteiger partial charge in [0.2, 0.25) is 0 Å². The molecule has 0 nitrogen and oxygen atoms in total. The lowest BCUT2D eigenvalue weighted by molar-refractivity contribution is 0.507. The maximum Gasteiger partial charge on any atom is 0.159 e.